The van der Waals surface area contributed by atoms with Crippen molar-refractivity contribution in [1.29, 1.82) is 0 Å². The summed E-state index contributed by atoms with van der Waals surface area (Å²) in [5.74, 6) is -1.86. The highest BCUT2D eigenvalue weighted by molar-refractivity contribution is 7.92. The third kappa shape index (κ3) is 7.11. The zero-order chi connectivity index (χ0) is 27.9. The van der Waals surface area contributed by atoms with Gasteiger partial charge >= 0.3 is 0 Å². The molecule has 10 heteroatoms. The molecule has 3 aromatic carbocycles. The van der Waals surface area contributed by atoms with E-state index in [1.807, 2.05) is 13.8 Å². The summed E-state index contributed by atoms with van der Waals surface area (Å²) in [6.07, 6.45) is 0.694. The maximum Gasteiger partial charge on any atom is 0.264 e. The van der Waals surface area contributed by atoms with Gasteiger partial charge < -0.3 is 10.2 Å². The van der Waals surface area contributed by atoms with Crippen molar-refractivity contribution in [2.45, 2.75) is 50.7 Å². The number of amides is 2. The standard InChI is InChI=1S/C28H31ClFN3O4S/c1-4-20(2)31-28(35)21(3)32(18-22-14-16-23(29)17-15-22)27(34)19-33(26-13-9-8-12-25(26)30)38(36,37)24-10-6-5-7-11-24/h5-17,20-21H,4,18-19H2,1-3H3,(H,31,35)/t20-,21-/m1/s1. The number of halogens is 2. The molecule has 0 aliphatic carbocycles. The first-order valence-corrected chi connectivity index (χ1v) is 14.0. The SMILES string of the molecule is CC[C@@H](C)NC(=O)[C@@H](C)N(Cc1ccc(Cl)cc1)C(=O)CN(c1ccccc1F)S(=O)(=O)c1ccccc1. The van der Waals surface area contributed by atoms with Gasteiger partial charge in [-0.3, -0.25) is 13.9 Å². The first kappa shape index (κ1) is 29.1. The van der Waals surface area contributed by atoms with Crippen LogP contribution in [0.1, 0.15) is 32.8 Å². The lowest BCUT2D eigenvalue weighted by Crippen LogP contribution is -2.52. The number of rotatable bonds is 11. The van der Waals surface area contributed by atoms with E-state index in [2.05, 4.69) is 5.32 Å². The molecule has 0 radical (unpaired) electrons. The van der Waals surface area contributed by atoms with Gasteiger partial charge in [0.25, 0.3) is 10.0 Å². The molecule has 0 heterocycles. The Morgan fingerprint density at radius 2 is 1.55 bits per heavy atom. The van der Waals surface area contributed by atoms with E-state index in [1.165, 1.54) is 35.2 Å². The van der Waals surface area contributed by atoms with Gasteiger partial charge in [0.1, 0.15) is 18.4 Å². The molecule has 3 aromatic rings. The molecule has 0 spiro atoms. The quantitative estimate of drug-likeness (QED) is 0.358. The average molecular weight is 560 g/mol. The van der Waals surface area contributed by atoms with Crippen molar-refractivity contribution in [1.82, 2.24) is 10.2 Å². The van der Waals surface area contributed by atoms with Gasteiger partial charge in [-0.2, -0.15) is 0 Å². The second-order valence-electron chi connectivity index (χ2n) is 8.92. The Morgan fingerprint density at radius 3 is 2.16 bits per heavy atom. The van der Waals surface area contributed by atoms with Crippen LogP contribution in [0, 0.1) is 5.82 Å². The fraction of sp³-hybridized carbons (Fsp3) is 0.286. The molecule has 0 aromatic heterocycles. The minimum absolute atomic E-state index is 0.0155. The lowest BCUT2D eigenvalue weighted by atomic mass is 10.1. The van der Waals surface area contributed by atoms with Gasteiger partial charge in [0.05, 0.1) is 10.6 Å². The average Bonchev–Trinajstić information content (AvgIpc) is 2.91. The van der Waals surface area contributed by atoms with Gasteiger partial charge in [-0.05, 0) is 62.2 Å². The highest BCUT2D eigenvalue weighted by atomic mass is 35.5. The van der Waals surface area contributed by atoms with E-state index >= 15 is 0 Å². The molecule has 202 valence electrons. The Labute approximate surface area is 228 Å². The highest BCUT2D eigenvalue weighted by Gasteiger charge is 2.33. The molecule has 0 bridgehead atoms. The number of carbonyl (C=O) groups is 2. The number of nitrogens with one attached hydrogen (secondary N) is 1. The van der Waals surface area contributed by atoms with E-state index in [1.54, 1.807) is 49.4 Å². The summed E-state index contributed by atoms with van der Waals surface area (Å²) in [7, 11) is -4.32. The van der Waals surface area contributed by atoms with Crippen molar-refractivity contribution in [2.75, 3.05) is 10.8 Å². The molecule has 0 fully saturated rings. The van der Waals surface area contributed by atoms with Gasteiger partial charge in [-0.15, -0.1) is 0 Å². The van der Waals surface area contributed by atoms with Crippen LogP contribution in [0.3, 0.4) is 0 Å². The van der Waals surface area contributed by atoms with E-state index in [9.17, 15) is 22.4 Å². The van der Waals surface area contributed by atoms with Crippen LogP contribution in [-0.4, -0.2) is 43.8 Å². The number of anilines is 1. The largest absolute Gasteiger partial charge is 0.352 e. The van der Waals surface area contributed by atoms with Crippen molar-refractivity contribution in [3.05, 3.63) is 95.3 Å². The van der Waals surface area contributed by atoms with E-state index in [0.29, 0.717) is 17.0 Å². The predicted octanol–water partition coefficient (Wildman–Crippen LogP) is 5.01. The van der Waals surface area contributed by atoms with Gasteiger partial charge in [0.15, 0.2) is 0 Å². The van der Waals surface area contributed by atoms with Crippen LogP contribution in [0.2, 0.25) is 5.02 Å². The molecule has 1 N–H and O–H groups in total. The van der Waals surface area contributed by atoms with Crippen molar-refractivity contribution in [3.63, 3.8) is 0 Å². The third-order valence-electron chi connectivity index (χ3n) is 6.17. The fourth-order valence-electron chi connectivity index (χ4n) is 3.72. The van der Waals surface area contributed by atoms with E-state index in [4.69, 9.17) is 11.6 Å². The first-order valence-electron chi connectivity index (χ1n) is 12.2. The van der Waals surface area contributed by atoms with E-state index < -0.39 is 34.3 Å². The molecule has 38 heavy (non-hydrogen) atoms. The Balaban J connectivity index is 2.02. The normalized spacial score (nSPS) is 12.9. The van der Waals surface area contributed by atoms with Gasteiger partial charge in [-0.25, -0.2) is 12.8 Å². The monoisotopic (exact) mass is 559 g/mol. The van der Waals surface area contributed by atoms with Gasteiger partial charge in [0, 0.05) is 17.6 Å². The molecule has 2 amide bonds. The molecule has 0 saturated carbocycles. The van der Waals surface area contributed by atoms with Crippen molar-refractivity contribution >= 4 is 39.1 Å². The maximum absolute atomic E-state index is 14.9. The molecular formula is C28H31ClFN3O4S. The highest BCUT2D eigenvalue weighted by Crippen LogP contribution is 2.27. The summed E-state index contributed by atoms with van der Waals surface area (Å²) in [6, 6.07) is 18.5. The molecule has 0 unspecified atom stereocenters. The molecule has 3 rings (SSSR count). The lowest BCUT2D eigenvalue weighted by Gasteiger charge is -2.32. The first-order chi connectivity index (χ1) is 18.0. The third-order valence-corrected chi connectivity index (χ3v) is 8.19. The zero-order valence-electron chi connectivity index (χ0n) is 21.5. The van der Waals surface area contributed by atoms with Crippen LogP contribution in [0.15, 0.2) is 83.8 Å². The topological polar surface area (TPSA) is 86.8 Å². The fourth-order valence-corrected chi connectivity index (χ4v) is 5.29. The van der Waals surface area contributed by atoms with Crippen LogP contribution in [0.25, 0.3) is 0 Å². The van der Waals surface area contributed by atoms with Crippen LogP contribution in [0.5, 0.6) is 0 Å². The molecule has 0 saturated heterocycles. The summed E-state index contributed by atoms with van der Waals surface area (Å²) in [5.41, 5.74) is 0.419. The predicted molar refractivity (Wildman–Crippen MR) is 147 cm³/mol. The zero-order valence-corrected chi connectivity index (χ0v) is 23.0. The number of hydrogen-bond acceptors (Lipinski definition) is 4. The molecule has 0 aliphatic heterocycles. The molecular weight excluding hydrogens is 529 g/mol. The summed E-state index contributed by atoms with van der Waals surface area (Å²) < 4.78 is 42.9. The van der Waals surface area contributed by atoms with Crippen LogP contribution in [-0.2, 0) is 26.2 Å². The second kappa shape index (κ2) is 12.9. The maximum atomic E-state index is 14.9. The summed E-state index contributed by atoms with van der Waals surface area (Å²) in [5, 5.41) is 3.37. The smallest absolute Gasteiger partial charge is 0.264 e. The minimum atomic E-state index is -4.32. The van der Waals surface area contributed by atoms with Crippen LogP contribution in [0.4, 0.5) is 10.1 Å². The Hall–Kier alpha value is -3.43. The number of benzene rings is 3. The van der Waals surface area contributed by atoms with Crippen molar-refractivity contribution < 1.29 is 22.4 Å². The summed E-state index contributed by atoms with van der Waals surface area (Å²) in [4.78, 5) is 28.0. The Morgan fingerprint density at radius 1 is 0.947 bits per heavy atom. The Kier molecular flexibility index (Phi) is 9.88. The lowest BCUT2D eigenvalue weighted by molar-refractivity contribution is -0.139. The van der Waals surface area contributed by atoms with E-state index in [0.717, 1.165) is 10.4 Å². The van der Waals surface area contributed by atoms with Crippen molar-refractivity contribution in [3.8, 4) is 0 Å². The van der Waals surface area contributed by atoms with Gasteiger partial charge in [-0.1, -0.05) is 61.0 Å². The number of hydrogen-bond donors (Lipinski definition) is 1. The summed E-state index contributed by atoms with van der Waals surface area (Å²) >= 11 is 6.00. The molecule has 0 aliphatic rings. The van der Waals surface area contributed by atoms with E-state index in [-0.39, 0.29) is 29.1 Å². The number of para-hydroxylation sites is 1. The summed E-state index contributed by atoms with van der Waals surface area (Å²) in [6.45, 7) is 4.65. The number of nitrogens with zero attached hydrogens (tertiary/aromatic N) is 2. The van der Waals surface area contributed by atoms with Crippen molar-refractivity contribution in [2.24, 2.45) is 0 Å². The van der Waals surface area contributed by atoms with Gasteiger partial charge in [0.2, 0.25) is 11.8 Å². The molecule has 7 nitrogen and oxygen atoms in total. The minimum Gasteiger partial charge on any atom is -0.352 e. The number of sulfonamides is 1. The Bertz CT molecular complexity index is 1350. The second-order valence-corrected chi connectivity index (χ2v) is 11.2. The molecule has 2 atom stereocenters. The van der Waals surface area contributed by atoms with Crippen LogP contribution < -0.4 is 9.62 Å². The number of carbonyl (C=O) groups excluding carboxylic acids is 2. The van der Waals surface area contributed by atoms with Crippen LogP contribution >= 0.6 is 11.6 Å².